The standard InChI is InChI=1S/C19H26N4O2/c1-19(2,22-8-10-25-11-9-22)15-20-18(24)12-16-13-21-23(14-16)17-6-4-3-5-7-17/h3-7,13-14H,8-12,15H2,1-2H3,(H,20,24). The molecule has 0 saturated carbocycles. The van der Waals surface area contributed by atoms with Gasteiger partial charge >= 0.3 is 0 Å². The highest BCUT2D eigenvalue weighted by Gasteiger charge is 2.28. The molecule has 0 unspecified atom stereocenters. The maximum Gasteiger partial charge on any atom is 0.224 e. The van der Waals surface area contributed by atoms with E-state index < -0.39 is 0 Å². The van der Waals surface area contributed by atoms with Crippen molar-refractivity contribution in [2.75, 3.05) is 32.8 Å². The van der Waals surface area contributed by atoms with Gasteiger partial charge in [-0.15, -0.1) is 0 Å². The highest BCUT2D eigenvalue weighted by molar-refractivity contribution is 5.78. The molecule has 3 rings (SSSR count). The lowest BCUT2D eigenvalue weighted by atomic mass is 10.0. The molecule has 1 aliphatic heterocycles. The second-order valence-corrected chi connectivity index (χ2v) is 6.99. The highest BCUT2D eigenvalue weighted by atomic mass is 16.5. The molecule has 6 heteroatoms. The molecule has 2 heterocycles. The van der Waals surface area contributed by atoms with Crippen molar-refractivity contribution in [3.8, 4) is 5.69 Å². The van der Waals surface area contributed by atoms with Gasteiger partial charge in [-0.05, 0) is 31.5 Å². The zero-order chi connectivity index (χ0) is 17.7. The number of ether oxygens (including phenoxy) is 1. The van der Waals surface area contributed by atoms with Crippen LogP contribution in [0.4, 0.5) is 0 Å². The molecular weight excluding hydrogens is 316 g/mol. The van der Waals surface area contributed by atoms with Gasteiger partial charge in [0.25, 0.3) is 0 Å². The number of nitrogens with zero attached hydrogens (tertiary/aromatic N) is 3. The third kappa shape index (κ3) is 4.67. The maximum atomic E-state index is 12.3. The first-order chi connectivity index (χ1) is 12.0. The van der Waals surface area contributed by atoms with Gasteiger partial charge in [-0.3, -0.25) is 9.69 Å². The Kier molecular flexibility index (Phi) is 5.50. The summed E-state index contributed by atoms with van der Waals surface area (Å²) in [5.41, 5.74) is 1.82. The Hall–Kier alpha value is -2.18. The number of carbonyl (C=O) groups is 1. The van der Waals surface area contributed by atoms with E-state index in [0.29, 0.717) is 13.0 Å². The van der Waals surface area contributed by atoms with Crippen LogP contribution in [0.5, 0.6) is 0 Å². The van der Waals surface area contributed by atoms with Crippen LogP contribution in [0.3, 0.4) is 0 Å². The van der Waals surface area contributed by atoms with Gasteiger partial charge in [0, 0.05) is 31.4 Å². The van der Waals surface area contributed by atoms with Crippen LogP contribution in [0.1, 0.15) is 19.4 Å². The van der Waals surface area contributed by atoms with Crippen LogP contribution >= 0.6 is 0 Å². The van der Waals surface area contributed by atoms with E-state index >= 15 is 0 Å². The Bertz CT molecular complexity index is 690. The fraction of sp³-hybridized carbons (Fsp3) is 0.474. The smallest absolute Gasteiger partial charge is 0.224 e. The summed E-state index contributed by atoms with van der Waals surface area (Å²) in [6, 6.07) is 9.88. The Balaban J connectivity index is 1.52. The average Bonchev–Trinajstić information content (AvgIpc) is 3.10. The molecule has 134 valence electrons. The highest BCUT2D eigenvalue weighted by Crippen LogP contribution is 2.15. The minimum absolute atomic E-state index is 0.0222. The SMILES string of the molecule is CC(C)(CNC(=O)Cc1cnn(-c2ccccc2)c1)N1CCOCC1. The molecule has 6 nitrogen and oxygen atoms in total. The largest absolute Gasteiger partial charge is 0.379 e. The van der Waals surface area contributed by atoms with E-state index in [1.165, 1.54) is 0 Å². The van der Waals surface area contributed by atoms with Gasteiger partial charge < -0.3 is 10.1 Å². The van der Waals surface area contributed by atoms with Crippen LogP contribution in [-0.2, 0) is 16.0 Å². The molecule has 1 N–H and O–H groups in total. The third-order valence-electron chi connectivity index (χ3n) is 4.61. The van der Waals surface area contributed by atoms with E-state index in [4.69, 9.17) is 4.74 Å². The predicted octanol–water partition coefficient (Wildman–Crippen LogP) is 1.64. The zero-order valence-electron chi connectivity index (χ0n) is 14.9. The number of benzene rings is 1. The molecule has 0 aliphatic carbocycles. The van der Waals surface area contributed by atoms with Crippen molar-refractivity contribution in [2.24, 2.45) is 0 Å². The van der Waals surface area contributed by atoms with E-state index in [1.807, 2.05) is 36.5 Å². The lowest BCUT2D eigenvalue weighted by Gasteiger charge is -2.40. The quantitative estimate of drug-likeness (QED) is 0.867. The second kappa shape index (κ2) is 7.80. The number of hydrogen-bond acceptors (Lipinski definition) is 4. The predicted molar refractivity (Wildman–Crippen MR) is 96.7 cm³/mol. The fourth-order valence-electron chi connectivity index (χ4n) is 3.02. The molecule has 1 amide bonds. The van der Waals surface area contributed by atoms with Gasteiger partial charge in [0.2, 0.25) is 5.91 Å². The van der Waals surface area contributed by atoms with E-state index in [2.05, 4.69) is 29.2 Å². The molecule has 0 radical (unpaired) electrons. The summed E-state index contributed by atoms with van der Waals surface area (Å²) in [6.45, 7) is 8.28. The van der Waals surface area contributed by atoms with Crippen molar-refractivity contribution in [3.05, 3.63) is 48.3 Å². The van der Waals surface area contributed by atoms with E-state index in [1.54, 1.807) is 10.9 Å². The van der Waals surface area contributed by atoms with Gasteiger partial charge in [-0.2, -0.15) is 5.10 Å². The minimum atomic E-state index is -0.0757. The summed E-state index contributed by atoms with van der Waals surface area (Å²) >= 11 is 0. The van der Waals surface area contributed by atoms with E-state index in [0.717, 1.165) is 37.6 Å². The normalized spacial score (nSPS) is 15.9. The lowest BCUT2D eigenvalue weighted by Crippen LogP contribution is -2.55. The van der Waals surface area contributed by atoms with Crippen molar-refractivity contribution in [3.63, 3.8) is 0 Å². The third-order valence-corrected chi connectivity index (χ3v) is 4.61. The summed E-state index contributed by atoms with van der Waals surface area (Å²) in [5.74, 6) is 0.0222. The molecule has 1 aromatic carbocycles. The molecule has 0 atom stereocenters. The second-order valence-electron chi connectivity index (χ2n) is 6.99. The molecule has 0 spiro atoms. The molecule has 1 fully saturated rings. The Morgan fingerprint density at radius 1 is 1.24 bits per heavy atom. The minimum Gasteiger partial charge on any atom is -0.379 e. The molecule has 1 aliphatic rings. The summed E-state index contributed by atoms with van der Waals surface area (Å²) in [5, 5.41) is 7.40. The van der Waals surface area contributed by atoms with Crippen molar-refractivity contribution >= 4 is 5.91 Å². The first-order valence-corrected chi connectivity index (χ1v) is 8.73. The summed E-state index contributed by atoms with van der Waals surface area (Å²) < 4.78 is 7.19. The van der Waals surface area contributed by atoms with E-state index in [-0.39, 0.29) is 11.4 Å². The molecule has 1 saturated heterocycles. The maximum absolute atomic E-state index is 12.3. The first-order valence-electron chi connectivity index (χ1n) is 8.73. The van der Waals surface area contributed by atoms with Crippen LogP contribution in [0, 0.1) is 0 Å². The number of amides is 1. The van der Waals surface area contributed by atoms with Crippen LogP contribution in [0.2, 0.25) is 0 Å². The molecule has 1 aromatic heterocycles. The summed E-state index contributed by atoms with van der Waals surface area (Å²) in [7, 11) is 0. The van der Waals surface area contributed by atoms with Crippen LogP contribution < -0.4 is 5.32 Å². The van der Waals surface area contributed by atoms with Gasteiger partial charge in [0.1, 0.15) is 0 Å². The summed E-state index contributed by atoms with van der Waals surface area (Å²) in [4.78, 5) is 14.7. The number of nitrogens with one attached hydrogen (secondary N) is 1. The zero-order valence-corrected chi connectivity index (χ0v) is 14.9. The summed E-state index contributed by atoms with van der Waals surface area (Å²) in [6.07, 6.45) is 3.99. The van der Waals surface area contributed by atoms with Gasteiger partial charge in [-0.1, -0.05) is 18.2 Å². The van der Waals surface area contributed by atoms with Crippen molar-refractivity contribution in [2.45, 2.75) is 25.8 Å². The van der Waals surface area contributed by atoms with Gasteiger partial charge in [-0.25, -0.2) is 4.68 Å². The van der Waals surface area contributed by atoms with Crippen LogP contribution in [0.25, 0.3) is 5.69 Å². The van der Waals surface area contributed by atoms with Gasteiger partial charge in [0.15, 0.2) is 0 Å². The van der Waals surface area contributed by atoms with Crippen molar-refractivity contribution in [1.82, 2.24) is 20.0 Å². The van der Waals surface area contributed by atoms with Crippen molar-refractivity contribution in [1.29, 1.82) is 0 Å². The number of para-hydroxylation sites is 1. The van der Waals surface area contributed by atoms with Crippen LogP contribution in [-0.4, -0.2) is 59.0 Å². The first kappa shape index (κ1) is 17.6. The lowest BCUT2D eigenvalue weighted by molar-refractivity contribution is -0.121. The monoisotopic (exact) mass is 342 g/mol. The van der Waals surface area contributed by atoms with Crippen LogP contribution in [0.15, 0.2) is 42.7 Å². The molecule has 0 bridgehead atoms. The molecular formula is C19H26N4O2. The Labute approximate surface area is 148 Å². The number of carbonyl (C=O) groups excluding carboxylic acids is 1. The number of aromatic nitrogens is 2. The number of morpholine rings is 1. The Morgan fingerprint density at radius 3 is 2.68 bits per heavy atom. The van der Waals surface area contributed by atoms with Crippen molar-refractivity contribution < 1.29 is 9.53 Å². The Morgan fingerprint density at radius 2 is 1.96 bits per heavy atom. The fourth-order valence-corrected chi connectivity index (χ4v) is 3.02. The topological polar surface area (TPSA) is 59.4 Å². The van der Waals surface area contributed by atoms with E-state index in [9.17, 15) is 4.79 Å². The average molecular weight is 342 g/mol. The molecule has 2 aromatic rings. The molecule has 25 heavy (non-hydrogen) atoms. The van der Waals surface area contributed by atoms with Gasteiger partial charge in [0.05, 0.1) is 31.5 Å². The number of hydrogen-bond donors (Lipinski definition) is 1. The number of rotatable bonds is 6.